The highest BCUT2D eigenvalue weighted by Gasteiger charge is 2.25. The summed E-state index contributed by atoms with van der Waals surface area (Å²) in [6.07, 6.45) is 4.51. The second-order valence-corrected chi connectivity index (χ2v) is 7.12. The predicted molar refractivity (Wildman–Crippen MR) is 117 cm³/mol. The Morgan fingerprint density at radius 1 is 1.03 bits per heavy atom. The molecule has 0 fully saturated rings. The Labute approximate surface area is 176 Å². The quantitative estimate of drug-likeness (QED) is 0.436. The third kappa shape index (κ3) is 5.54. The van der Waals surface area contributed by atoms with Gasteiger partial charge in [-0.3, -0.25) is 4.98 Å². The number of nitrogens with zero attached hydrogens (tertiary/aromatic N) is 1. The highest BCUT2D eigenvalue weighted by Crippen LogP contribution is 2.30. The van der Waals surface area contributed by atoms with Crippen LogP contribution in [0.15, 0.2) is 83.9 Å². The zero-order valence-electron chi connectivity index (χ0n) is 16.8. The van der Waals surface area contributed by atoms with Crippen molar-refractivity contribution in [2.75, 3.05) is 0 Å². The lowest BCUT2D eigenvalue weighted by Gasteiger charge is -2.25. The standard InChI is InChI=1S/C25H27NO4/c1-2-22(25(29)18-8-4-3-5-9-18)24(28)14-11-19(23-10-6-7-15-26-23)16-20-12-13-21(17-27)30-20/h2-10,12-13,15-16,22,24-25,27-29H,1,11,14,17H2/b19-16-/t22-,24-,25-/m1/s1. The van der Waals surface area contributed by atoms with Gasteiger partial charge in [0.25, 0.3) is 0 Å². The molecule has 156 valence electrons. The van der Waals surface area contributed by atoms with Gasteiger partial charge in [0, 0.05) is 12.1 Å². The van der Waals surface area contributed by atoms with Gasteiger partial charge in [0.1, 0.15) is 18.1 Å². The highest BCUT2D eigenvalue weighted by atomic mass is 16.4. The summed E-state index contributed by atoms with van der Waals surface area (Å²) >= 11 is 0. The van der Waals surface area contributed by atoms with Gasteiger partial charge in [0.2, 0.25) is 0 Å². The van der Waals surface area contributed by atoms with E-state index in [0.717, 1.165) is 16.8 Å². The van der Waals surface area contributed by atoms with E-state index in [1.165, 1.54) is 0 Å². The molecule has 0 aliphatic rings. The van der Waals surface area contributed by atoms with E-state index in [-0.39, 0.29) is 6.61 Å². The lowest BCUT2D eigenvalue weighted by atomic mass is 9.87. The Morgan fingerprint density at radius 3 is 2.43 bits per heavy atom. The molecule has 3 atom stereocenters. The number of allylic oxidation sites excluding steroid dienone is 1. The summed E-state index contributed by atoms with van der Waals surface area (Å²) in [4.78, 5) is 4.42. The van der Waals surface area contributed by atoms with Crippen LogP contribution in [-0.2, 0) is 6.61 Å². The van der Waals surface area contributed by atoms with E-state index in [0.29, 0.717) is 24.4 Å². The number of aromatic nitrogens is 1. The van der Waals surface area contributed by atoms with E-state index in [9.17, 15) is 15.3 Å². The topological polar surface area (TPSA) is 86.7 Å². The highest BCUT2D eigenvalue weighted by molar-refractivity contribution is 5.78. The molecule has 0 spiro atoms. The molecule has 0 aliphatic carbocycles. The third-order valence-corrected chi connectivity index (χ3v) is 5.08. The molecule has 5 nitrogen and oxygen atoms in total. The van der Waals surface area contributed by atoms with E-state index in [4.69, 9.17) is 4.42 Å². The first-order valence-electron chi connectivity index (χ1n) is 9.97. The van der Waals surface area contributed by atoms with Crippen molar-refractivity contribution in [3.63, 3.8) is 0 Å². The fraction of sp³-hybridized carbons (Fsp3) is 0.240. The molecule has 0 saturated heterocycles. The summed E-state index contributed by atoms with van der Waals surface area (Å²) in [6.45, 7) is 3.65. The summed E-state index contributed by atoms with van der Waals surface area (Å²) < 4.78 is 5.58. The molecule has 3 aromatic rings. The fourth-order valence-electron chi connectivity index (χ4n) is 3.42. The molecule has 3 rings (SSSR count). The van der Waals surface area contributed by atoms with Crippen LogP contribution in [-0.4, -0.2) is 26.4 Å². The maximum atomic E-state index is 10.8. The molecular formula is C25H27NO4. The fourth-order valence-corrected chi connectivity index (χ4v) is 3.42. The summed E-state index contributed by atoms with van der Waals surface area (Å²) in [5.41, 5.74) is 2.42. The molecule has 30 heavy (non-hydrogen) atoms. The number of hydrogen-bond donors (Lipinski definition) is 3. The normalized spacial score (nSPS) is 14.8. The first-order valence-corrected chi connectivity index (χ1v) is 9.97. The lowest BCUT2D eigenvalue weighted by molar-refractivity contribution is 0.0325. The molecule has 2 heterocycles. The van der Waals surface area contributed by atoms with Crippen molar-refractivity contribution in [1.82, 2.24) is 4.98 Å². The van der Waals surface area contributed by atoms with Crippen LogP contribution in [0.25, 0.3) is 11.6 Å². The molecule has 0 aliphatic heterocycles. The number of rotatable bonds is 10. The van der Waals surface area contributed by atoms with Crippen LogP contribution in [0.1, 0.15) is 41.7 Å². The molecule has 2 aromatic heterocycles. The monoisotopic (exact) mass is 405 g/mol. The minimum Gasteiger partial charge on any atom is -0.459 e. The molecule has 5 heteroatoms. The smallest absolute Gasteiger partial charge is 0.130 e. The second-order valence-electron chi connectivity index (χ2n) is 7.12. The minimum absolute atomic E-state index is 0.163. The van der Waals surface area contributed by atoms with Gasteiger partial charge in [-0.15, -0.1) is 6.58 Å². The maximum Gasteiger partial charge on any atom is 0.130 e. The summed E-state index contributed by atoms with van der Waals surface area (Å²) in [5, 5.41) is 30.7. The van der Waals surface area contributed by atoms with E-state index in [1.807, 2.05) is 54.6 Å². The molecular weight excluding hydrogens is 378 g/mol. The molecule has 0 radical (unpaired) electrons. The van der Waals surface area contributed by atoms with Gasteiger partial charge >= 0.3 is 0 Å². The number of hydrogen-bond acceptors (Lipinski definition) is 5. The Balaban J connectivity index is 1.76. The Kier molecular flexibility index (Phi) is 7.74. The molecule has 0 saturated carbocycles. The van der Waals surface area contributed by atoms with Crippen molar-refractivity contribution in [3.05, 3.63) is 102 Å². The van der Waals surface area contributed by atoms with Crippen molar-refractivity contribution in [1.29, 1.82) is 0 Å². The van der Waals surface area contributed by atoms with Crippen LogP contribution in [0.3, 0.4) is 0 Å². The number of aliphatic hydroxyl groups is 3. The van der Waals surface area contributed by atoms with Crippen LogP contribution in [0, 0.1) is 5.92 Å². The van der Waals surface area contributed by atoms with Gasteiger partial charge in [-0.25, -0.2) is 0 Å². The van der Waals surface area contributed by atoms with Crippen LogP contribution in [0.5, 0.6) is 0 Å². The first-order chi connectivity index (χ1) is 14.6. The van der Waals surface area contributed by atoms with Gasteiger partial charge in [-0.1, -0.05) is 42.5 Å². The second kappa shape index (κ2) is 10.7. The van der Waals surface area contributed by atoms with Crippen LogP contribution in [0.4, 0.5) is 0 Å². The Hall–Kier alpha value is -2.99. The van der Waals surface area contributed by atoms with Gasteiger partial charge < -0.3 is 19.7 Å². The lowest BCUT2D eigenvalue weighted by Crippen LogP contribution is -2.25. The van der Waals surface area contributed by atoms with Crippen molar-refractivity contribution in [3.8, 4) is 0 Å². The summed E-state index contributed by atoms with van der Waals surface area (Å²) in [7, 11) is 0. The van der Waals surface area contributed by atoms with Crippen molar-refractivity contribution < 1.29 is 19.7 Å². The van der Waals surface area contributed by atoms with Crippen LogP contribution >= 0.6 is 0 Å². The van der Waals surface area contributed by atoms with E-state index >= 15 is 0 Å². The van der Waals surface area contributed by atoms with E-state index in [1.54, 1.807) is 24.4 Å². The molecule has 0 bridgehead atoms. The number of furan rings is 1. The number of benzene rings is 1. The molecule has 1 aromatic carbocycles. The minimum atomic E-state index is -0.835. The SMILES string of the molecule is C=C[C@H]([C@H](O)CC/C(=C/c1ccc(CO)o1)c1ccccn1)[C@H](O)c1ccccc1. The first kappa shape index (κ1) is 21.7. The average molecular weight is 405 g/mol. The largest absolute Gasteiger partial charge is 0.459 e. The van der Waals surface area contributed by atoms with Gasteiger partial charge in [0.15, 0.2) is 0 Å². The molecule has 0 unspecified atom stereocenters. The van der Waals surface area contributed by atoms with Crippen molar-refractivity contribution in [2.24, 2.45) is 5.92 Å². The Morgan fingerprint density at radius 2 is 1.80 bits per heavy atom. The summed E-state index contributed by atoms with van der Waals surface area (Å²) in [6, 6.07) is 18.4. The molecule has 3 N–H and O–H groups in total. The third-order valence-electron chi connectivity index (χ3n) is 5.08. The van der Waals surface area contributed by atoms with E-state index < -0.39 is 18.1 Å². The van der Waals surface area contributed by atoms with Crippen LogP contribution in [0.2, 0.25) is 0 Å². The molecule has 0 amide bonds. The summed E-state index contributed by atoms with van der Waals surface area (Å²) in [5.74, 6) is 0.597. The van der Waals surface area contributed by atoms with Crippen molar-refractivity contribution in [2.45, 2.75) is 31.7 Å². The maximum absolute atomic E-state index is 10.8. The van der Waals surface area contributed by atoms with Gasteiger partial charge in [-0.2, -0.15) is 0 Å². The van der Waals surface area contributed by atoms with E-state index in [2.05, 4.69) is 11.6 Å². The van der Waals surface area contributed by atoms with Gasteiger partial charge in [0.05, 0.1) is 17.9 Å². The zero-order chi connectivity index (χ0) is 21.3. The van der Waals surface area contributed by atoms with Crippen molar-refractivity contribution >= 4 is 11.6 Å². The van der Waals surface area contributed by atoms with Crippen LogP contribution < -0.4 is 0 Å². The predicted octanol–water partition coefficient (Wildman–Crippen LogP) is 4.38. The number of pyridine rings is 1. The zero-order valence-corrected chi connectivity index (χ0v) is 16.8. The van der Waals surface area contributed by atoms with Gasteiger partial charge in [-0.05, 0) is 54.3 Å². The number of aliphatic hydroxyl groups excluding tert-OH is 3. The Bertz CT molecular complexity index is 950. The average Bonchev–Trinajstić information content (AvgIpc) is 3.26.